The van der Waals surface area contributed by atoms with Crippen LogP contribution in [0.1, 0.15) is 24.5 Å². The number of nitrogens with one attached hydrogen (secondary N) is 2. The van der Waals surface area contributed by atoms with Gasteiger partial charge in [-0.2, -0.15) is 5.01 Å². The molecule has 1 aromatic heterocycles. The predicted octanol–water partition coefficient (Wildman–Crippen LogP) is 1.03. The SMILES string of the molecule is C[C@@]1(CCc2ccccc2)NC(=O)N(NC(=O)Cn2c(=O)ccn(Cc3ccccc3)c2=O)C1=O. The lowest BCUT2D eigenvalue weighted by atomic mass is 9.93. The lowest BCUT2D eigenvalue weighted by Crippen LogP contribution is -2.51. The Morgan fingerprint density at radius 1 is 0.914 bits per heavy atom. The van der Waals surface area contributed by atoms with Crippen molar-refractivity contribution in [3.8, 4) is 0 Å². The first kappa shape index (κ1) is 23.7. The topological polar surface area (TPSA) is 123 Å². The highest BCUT2D eigenvalue weighted by atomic mass is 16.2. The first-order valence-electron chi connectivity index (χ1n) is 11.1. The van der Waals surface area contributed by atoms with E-state index < -0.39 is 41.2 Å². The number of nitrogens with zero attached hydrogens (tertiary/aromatic N) is 3. The molecule has 35 heavy (non-hydrogen) atoms. The molecule has 2 heterocycles. The van der Waals surface area contributed by atoms with Crippen LogP contribution in [-0.4, -0.2) is 37.5 Å². The van der Waals surface area contributed by atoms with Crippen molar-refractivity contribution >= 4 is 17.8 Å². The van der Waals surface area contributed by atoms with E-state index in [1.165, 1.54) is 16.8 Å². The summed E-state index contributed by atoms with van der Waals surface area (Å²) in [5, 5.41) is 3.22. The van der Waals surface area contributed by atoms with Crippen LogP contribution in [0.4, 0.5) is 4.79 Å². The molecular formula is C25H25N5O5. The summed E-state index contributed by atoms with van der Waals surface area (Å²) in [6.45, 7) is 1.16. The Bertz CT molecular complexity index is 1370. The molecule has 1 fully saturated rings. The van der Waals surface area contributed by atoms with Crippen LogP contribution in [0.5, 0.6) is 0 Å². The van der Waals surface area contributed by atoms with E-state index in [4.69, 9.17) is 0 Å². The lowest BCUT2D eigenvalue weighted by molar-refractivity contribution is -0.139. The second kappa shape index (κ2) is 9.80. The summed E-state index contributed by atoms with van der Waals surface area (Å²) in [4.78, 5) is 63.1. The second-order valence-electron chi connectivity index (χ2n) is 8.56. The van der Waals surface area contributed by atoms with Gasteiger partial charge in [-0.15, -0.1) is 0 Å². The molecule has 0 radical (unpaired) electrons. The Labute approximate surface area is 200 Å². The third kappa shape index (κ3) is 5.21. The third-order valence-electron chi connectivity index (χ3n) is 5.89. The molecule has 0 unspecified atom stereocenters. The van der Waals surface area contributed by atoms with E-state index in [9.17, 15) is 24.0 Å². The van der Waals surface area contributed by atoms with E-state index in [1.54, 1.807) is 6.92 Å². The van der Waals surface area contributed by atoms with Crippen molar-refractivity contribution in [3.63, 3.8) is 0 Å². The van der Waals surface area contributed by atoms with E-state index >= 15 is 0 Å². The first-order chi connectivity index (χ1) is 16.8. The molecule has 2 aromatic carbocycles. The van der Waals surface area contributed by atoms with Crippen molar-refractivity contribution in [1.82, 2.24) is 24.9 Å². The van der Waals surface area contributed by atoms with Crippen LogP contribution in [0, 0.1) is 0 Å². The van der Waals surface area contributed by atoms with Crippen LogP contribution in [-0.2, 0) is 29.1 Å². The average Bonchev–Trinajstić information content (AvgIpc) is 3.07. The summed E-state index contributed by atoms with van der Waals surface area (Å²) in [6, 6.07) is 19.1. The van der Waals surface area contributed by atoms with Crippen LogP contribution in [0.15, 0.2) is 82.5 Å². The van der Waals surface area contributed by atoms with Crippen LogP contribution in [0.2, 0.25) is 0 Å². The molecular weight excluding hydrogens is 450 g/mol. The molecule has 0 aliphatic carbocycles. The van der Waals surface area contributed by atoms with E-state index in [1.807, 2.05) is 60.7 Å². The second-order valence-corrected chi connectivity index (χ2v) is 8.56. The number of aryl methyl sites for hydroxylation is 1. The predicted molar refractivity (Wildman–Crippen MR) is 127 cm³/mol. The van der Waals surface area contributed by atoms with E-state index in [0.29, 0.717) is 17.9 Å². The molecule has 10 heteroatoms. The van der Waals surface area contributed by atoms with Crippen LogP contribution < -0.4 is 22.0 Å². The summed E-state index contributed by atoms with van der Waals surface area (Å²) in [7, 11) is 0. The van der Waals surface area contributed by atoms with Crippen molar-refractivity contribution in [2.24, 2.45) is 0 Å². The van der Waals surface area contributed by atoms with Gasteiger partial charge in [-0.1, -0.05) is 60.7 Å². The van der Waals surface area contributed by atoms with Gasteiger partial charge in [0.2, 0.25) is 0 Å². The number of amides is 4. The van der Waals surface area contributed by atoms with Crippen LogP contribution in [0.3, 0.4) is 0 Å². The number of hydrogen-bond acceptors (Lipinski definition) is 5. The Morgan fingerprint density at radius 3 is 2.20 bits per heavy atom. The summed E-state index contributed by atoms with van der Waals surface area (Å²) in [5.74, 6) is -1.47. The maximum Gasteiger partial charge on any atom is 0.344 e. The number of rotatable bonds is 8. The van der Waals surface area contributed by atoms with Gasteiger partial charge in [0.15, 0.2) is 0 Å². The Kier molecular flexibility index (Phi) is 6.63. The van der Waals surface area contributed by atoms with Gasteiger partial charge in [-0.25, -0.2) is 9.59 Å². The number of aromatic nitrogens is 2. The zero-order valence-electron chi connectivity index (χ0n) is 19.1. The van der Waals surface area contributed by atoms with Crippen molar-refractivity contribution in [2.75, 3.05) is 0 Å². The first-order valence-corrected chi connectivity index (χ1v) is 11.1. The summed E-state index contributed by atoms with van der Waals surface area (Å²) < 4.78 is 2.06. The minimum Gasteiger partial charge on any atom is -0.322 e. The number of imide groups is 1. The van der Waals surface area contributed by atoms with Gasteiger partial charge in [0, 0.05) is 12.3 Å². The molecule has 1 atom stereocenters. The molecule has 10 nitrogen and oxygen atoms in total. The van der Waals surface area contributed by atoms with Gasteiger partial charge < -0.3 is 5.32 Å². The highest BCUT2D eigenvalue weighted by molar-refractivity contribution is 6.07. The van der Waals surface area contributed by atoms with Gasteiger partial charge in [-0.05, 0) is 30.9 Å². The minimum absolute atomic E-state index is 0.217. The van der Waals surface area contributed by atoms with E-state index in [-0.39, 0.29) is 6.54 Å². The summed E-state index contributed by atoms with van der Waals surface area (Å²) >= 11 is 0. The minimum atomic E-state index is -1.20. The van der Waals surface area contributed by atoms with Gasteiger partial charge in [0.1, 0.15) is 12.1 Å². The lowest BCUT2D eigenvalue weighted by Gasteiger charge is -2.21. The van der Waals surface area contributed by atoms with Gasteiger partial charge in [0.25, 0.3) is 17.4 Å². The highest BCUT2D eigenvalue weighted by Crippen LogP contribution is 2.22. The summed E-state index contributed by atoms with van der Waals surface area (Å²) in [6.07, 6.45) is 2.24. The maximum absolute atomic E-state index is 12.9. The molecule has 1 saturated heterocycles. The third-order valence-corrected chi connectivity index (χ3v) is 5.89. The number of carbonyl (C=O) groups excluding carboxylic acids is 3. The monoisotopic (exact) mass is 475 g/mol. The number of benzene rings is 2. The van der Waals surface area contributed by atoms with E-state index in [2.05, 4.69) is 10.7 Å². The molecule has 0 bridgehead atoms. The molecule has 180 valence electrons. The number of carbonyl (C=O) groups is 3. The Morgan fingerprint density at radius 2 is 1.54 bits per heavy atom. The molecule has 4 rings (SSSR count). The van der Waals surface area contributed by atoms with E-state index in [0.717, 1.165) is 15.7 Å². The maximum atomic E-state index is 12.9. The molecule has 2 N–H and O–H groups in total. The Hall–Kier alpha value is -4.47. The molecule has 0 spiro atoms. The van der Waals surface area contributed by atoms with Crippen molar-refractivity contribution in [2.45, 2.75) is 38.4 Å². The normalized spacial score (nSPS) is 17.3. The molecule has 1 aliphatic rings. The van der Waals surface area contributed by atoms with Crippen molar-refractivity contribution < 1.29 is 14.4 Å². The zero-order chi connectivity index (χ0) is 25.0. The van der Waals surface area contributed by atoms with Crippen LogP contribution >= 0.6 is 0 Å². The fraction of sp³-hybridized carbons (Fsp3) is 0.240. The van der Waals surface area contributed by atoms with Gasteiger partial charge >= 0.3 is 11.7 Å². The van der Waals surface area contributed by atoms with Gasteiger partial charge in [-0.3, -0.25) is 28.9 Å². The zero-order valence-corrected chi connectivity index (χ0v) is 19.1. The molecule has 0 saturated carbocycles. The standard InChI is InChI=1S/C25H25N5O5/c1-25(14-12-18-8-4-2-5-9-18)22(33)30(23(34)26-25)27-20(31)17-29-21(32)13-15-28(24(29)35)16-19-10-6-3-7-11-19/h2-11,13,15H,12,14,16-17H2,1H3,(H,26,34)(H,27,31)/t25-/m0/s1. The smallest absolute Gasteiger partial charge is 0.322 e. The number of hydrazine groups is 1. The van der Waals surface area contributed by atoms with Crippen LogP contribution in [0.25, 0.3) is 0 Å². The average molecular weight is 476 g/mol. The molecule has 1 aliphatic heterocycles. The number of hydrogen-bond donors (Lipinski definition) is 2. The largest absolute Gasteiger partial charge is 0.344 e. The summed E-state index contributed by atoms with van der Waals surface area (Å²) in [5.41, 5.74) is 1.53. The Balaban J connectivity index is 1.44. The van der Waals surface area contributed by atoms with Crippen molar-refractivity contribution in [3.05, 3.63) is 105 Å². The molecule has 4 amide bonds. The quantitative estimate of drug-likeness (QED) is 0.471. The van der Waals surface area contributed by atoms with Crippen molar-refractivity contribution in [1.29, 1.82) is 0 Å². The highest BCUT2D eigenvalue weighted by Gasteiger charge is 2.48. The fourth-order valence-corrected chi connectivity index (χ4v) is 3.90. The number of urea groups is 1. The van der Waals surface area contributed by atoms with Gasteiger partial charge in [0.05, 0.1) is 6.54 Å². The molecule has 3 aromatic rings. The fourth-order valence-electron chi connectivity index (χ4n) is 3.90.